The first kappa shape index (κ1) is 12.8. The van der Waals surface area contributed by atoms with Gasteiger partial charge in [0.05, 0.1) is 11.5 Å². The van der Waals surface area contributed by atoms with E-state index in [1.165, 1.54) is 12.1 Å². The molecule has 0 aromatic heterocycles. The Kier molecular flexibility index (Phi) is 4.41. The second-order valence-corrected chi connectivity index (χ2v) is 5.20. The highest BCUT2D eigenvalue weighted by atomic mass is 35.5. The normalized spacial score (nSPS) is 25.4. The van der Waals surface area contributed by atoms with Gasteiger partial charge < -0.3 is 4.74 Å². The van der Waals surface area contributed by atoms with Crippen molar-refractivity contribution in [1.29, 1.82) is 0 Å². The minimum Gasteiger partial charge on any atom is -0.378 e. The third-order valence-corrected chi connectivity index (χ3v) is 3.80. The lowest BCUT2D eigenvalue weighted by atomic mass is 9.78. The average molecular weight is 257 g/mol. The van der Waals surface area contributed by atoms with E-state index < -0.39 is 0 Å². The molecule has 0 amide bonds. The minimum absolute atomic E-state index is 0.0109. The molecule has 0 aliphatic heterocycles. The van der Waals surface area contributed by atoms with Crippen molar-refractivity contribution < 1.29 is 9.13 Å². The predicted molar refractivity (Wildman–Crippen MR) is 67.7 cm³/mol. The van der Waals surface area contributed by atoms with E-state index in [4.69, 9.17) is 16.3 Å². The molecule has 1 aromatic carbocycles. The van der Waals surface area contributed by atoms with E-state index in [1.807, 2.05) is 6.92 Å². The van der Waals surface area contributed by atoms with E-state index in [0.29, 0.717) is 12.0 Å². The number of rotatable bonds is 5. The molecule has 94 valence electrons. The van der Waals surface area contributed by atoms with Crippen molar-refractivity contribution in [3.63, 3.8) is 0 Å². The Morgan fingerprint density at radius 1 is 1.35 bits per heavy atom. The van der Waals surface area contributed by atoms with Crippen molar-refractivity contribution >= 4 is 11.6 Å². The molecular formula is C14H18ClFO. The van der Waals surface area contributed by atoms with Gasteiger partial charge in [0, 0.05) is 6.61 Å². The summed E-state index contributed by atoms with van der Waals surface area (Å²) in [6.45, 7) is 2.82. The standard InChI is InChI=1S/C14H18ClFO/c1-2-17-13-7-10(8-13)9-14(15)11-3-5-12(16)6-4-11/h3-6,10,13-14H,2,7-9H2,1H3. The zero-order valence-corrected chi connectivity index (χ0v) is 10.8. The molecule has 2 rings (SSSR count). The zero-order valence-electron chi connectivity index (χ0n) is 10.0. The van der Waals surface area contributed by atoms with Crippen LogP contribution in [0.25, 0.3) is 0 Å². The predicted octanol–water partition coefficient (Wildman–Crippen LogP) is 4.31. The van der Waals surface area contributed by atoms with Crippen LogP contribution < -0.4 is 0 Å². The second-order valence-electron chi connectivity index (χ2n) is 4.67. The van der Waals surface area contributed by atoms with Crippen molar-refractivity contribution in [2.45, 2.75) is 37.7 Å². The maximum Gasteiger partial charge on any atom is 0.123 e. The molecule has 3 heteroatoms. The smallest absolute Gasteiger partial charge is 0.123 e. The van der Waals surface area contributed by atoms with Gasteiger partial charge in [-0.2, -0.15) is 0 Å². The summed E-state index contributed by atoms with van der Waals surface area (Å²) in [7, 11) is 0. The summed E-state index contributed by atoms with van der Waals surface area (Å²) < 4.78 is 18.3. The van der Waals surface area contributed by atoms with E-state index in [9.17, 15) is 4.39 Å². The molecule has 0 heterocycles. The molecule has 1 aromatic rings. The lowest BCUT2D eigenvalue weighted by Crippen LogP contribution is -2.31. The molecule has 17 heavy (non-hydrogen) atoms. The summed E-state index contributed by atoms with van der Waals surface area (Å²) in [6, 6.07) is 6.47. The molecule has 1 fully saturated rings. The maximum absolute atomic E-state index is 12.8. The van der Waals surface area contributed by atoms with Crippen molar-refractivity contribution in [2.75, 3.05) is 6.61 Å². The van der Waals surface area contributed by atoms with E-state index in [2.05, 4.69) is 0 Å². The maximum atomic E-state index is 12.8. The van der Waals surface area contributed by atoms with Gasteiger partial charge in [0.25, 0.3) is 0 Å². The summed E-state index contributed by atoms with van der Waals surface area (Å²) in [5.74, 6) is 0.441. The fourth-order valence-corrected chi connectivity index (χ4v) is 2.74. The van der Waals surface area contributed by atoms with E-state index in [1.54, 1.807) is 12.1 Å². The van der Waals surface area contributed by atoms with Crippen LogP contribution in [0, 0.1) is 11.7 Å². The molecule has 0 spiro atoms. The van der Waals surface area contributed by atoms with Gasteiger partial charge in [-0.3, -0.25) is 0 Å². The van der Waals surface area contributed by atoms with Gasteiger partial charge in [-0.05, 0) is 49.8 Å². The van der Waals surface area contributed by atoms with Crippen LogP contribution in [0.2, 0.25) is 0 Å². The highest BCUT2D eigenvalue weighted by molar-refractivity contribution is 6.20. The molecule has 1 aliphatic carbocycles. The van der Waals surface area contributed by atoms with Gasteiger partial charge in [-0.15, -0.1) is 11.6 Å². The average Bonchev–Trinajstić information content (AvgIpc) is 2.27. The number of hydrogen-bond donors (Lipinski definition) is 0. The van der Waals surface area contributed by atoms with Gasteiger partial charge in [0.1, 0.15) is 5.82 Å². The van der Waals surface area contributed by atoms with Crippen LogP contribution in [0.3, 0.4) is 0 Å². The Bertz CT molecular complexity index is 346. The summed E-state index contributed by atoms with van der Waals surface area (Å²) >= 11 is 6.33. The van der Waals surface area contributed by atoms with Crippen LogP contribution in [0.15, 0.2) is 24.3 Å². The van der Waals surface area contributed by atoms with Crippen molar-refractivity contribution in [3.05, 3.63) is 35.6 Å². The van der Waals surface area contributed by atoms with Gasteiger partial charge in [-0.1, -0.05) is 12.1 Å². The van der Waals surface area contributed by atoms with Crippen LogP contribution >= 0.6 is 11.6 Å². The Morgan fingerprint density at radius 2 is 2.00 bits per heavy atom. The second kappa shape index (κ2) is 5.83. The van der Waals surface area contributed by atoms with Crippen molar-refractivity contribution in [1.82, 2.24) is 0 Å². The summed E-state index contributed by atoms with van der Waals surface area (Å²) in [5.41, 5.74) is 1.01. The molecule has 1 aliphatic rings. The van der Waals surface area contributed by atoms with Crippen LogP contribution in [-0.4, -0.2) is 12.7 Å². The summed E-state index contributed by atoms with van der Waals surface area (Å²) in [4.78, 5) is 0. The molecule has 1 nitrogen and oxygen atoms in total. The SMILES string of the molecule is CCOC1CC(CC(Cl)c2ccc(F)cc2)C1. The fraction of sp³-hybridized carbons (Fsp3) is 0.571. The highest BCUT2D eigenvalue weighted by Gasteiger charge is 2.31. The highest BCUT2D eigenvalue weighted by Crippen LogP contribution is 2.39. The van der Waals surface area contributed by atoms with Crippen LogP contribution in [0.5, 0.6) is 0 Å². The molecule has 1 atom stereocenters. The van der Waals surface area contributed by atoms with Crippen molar-refractivity contribution in [2.24, 2.45) is 5.92 Å². The van der Waals surface area contributed by atoms with Crippen molar-refractivity contribution in [3.8, 4) is 0 Å². The Hall–Kier alpha value is -0.600. The summed E-state index contributed by atoms with van der Waals surface area (Å²) in [6.07, 6.45) is 3.61. The molecule has 0 radical (unpaired) electrons. The van der Waals surface area contributed by atoms with Gasteiger partial charge in [0.2, 0.25) is 0 Å². The Morgan fingerprint density at radius 3 is 2.59 bits per heavy atom. The molecular weight excluding hydrogens is 239 g/mol. The first-order valence-corrected chi connectivity index (χ1v) is 6.63. The van der Waals surface area contributed by atoms with E-state index in [-0.39, 0.29) is 11.2 Å². The fourth-order valence-electron chi connectivity index (χ4n) is 2.34. The first-order chi connectivity index (χ1) is 8.19. The quantitative estimate of drug-likeness (QED) is 0.714. The van der Waals surface area contributed by atoms with Gasteiger partial charge in [-0.25, -0.2) is 4.39 Å². The van der Waals surface area contributed by atoms with Crippen LogP contribution in [-0.2, 0) is 4.74 Å². The summed E-state index contributed by atoms with van der Waals surface area (Å²) in [5, 5.41) is -0.0109. The molecule has 0 bridgehead atoms. The lowest BCUT2D eigenvalue weighted by molar-refractivity contribution is -0.0267. The topological polar surface area (TPSA) is 9.23 Å². The Labute approximate surface area is 107 Å². The van der Waals surface area contributed by atoms with Gasteiger partial charge in [0.15, 0.2) is 0 Å². The monoisotopic (exact) mass is 256 g/mol. The van der Waals surface area contributed by atoms with Crippen LogP contribution in [0.1, 0.15) is 37.1 Å². The first-order valence-electron chi connectivity index (χ1n) is 6.20. The molecule has 1 saturated carbocycles. The number of hydrogen-bond acceptors (Lipinski definition) is 1. The number of ether oxygens (including phenoxy) is 1. The Balaban J connectivity index is 1.78. The minimum atomic E-state index is -0.210. The third-order valence-electron chi connectivity index (χ3n) is 3.37. The molecule has 1 unspecified atom stereocenters. The largest absolute Gasteiger partial charge is 0.378 e. The zero-order chi connectivity index (χ0) is 12.3. The van der Waals surface area contributed by atoms with Gasteiger partial charge >= 0.3 is 0 Å². The number of benzene rings is 1. The van der Waals surface area contributed by atoms with E-state index >= 15 is 0 Å². The molecule has 0 saturated heterocycles. The van der Waals surface area contributed by atoms with Crippen LogP contribution in [0.4, 0.5) is 4.39 Å². The van der Waals surface area contributed by atoms with E-state index in [0.717, 1.165) is 31.4 Å². The number of halogens is 2. The lowest BCUT2D eigenvalue weighted by Gasteiger charge is -2.36. The molecule has 0 N–H and O–H groups in total. The third kappa shape index (κ3) is 3.43. The number of alkyl halides is 1.